The number of fused-ring (bicyclic) bond motifs is 1. The van der Waals surface area contributed by atoms with Crippen molar-refractivity contribution in [3.05, 3.63) is 29.6 Å². The van der Waals surface area contributed by atoms with Crippen LogP contribution in [0.3, 0.4) is 0 Å². The average Bonchev–Trinajstić information content (AvgIpc) is 2.51. The summed E-state index contributed by atoms with van der Waals surface area (Å²) in [6.45, 7) is 0.0414. The van der Waals surface area contributed by atoms with Crippen LogP contribution in [-0.4, -0.2) is 15.7 Å². The molecule has 0 fully saturated rings. The van der Waals surface area contributed by atoms with Gasteiger partial charge in [-0.15, -0.1) is 0 Å². The second-order valence-corrected chi connectivity index (χ2v) is 4.06. The number of hydrogen-bond donors (Lipinski definition) is 0. The highest BCUT2D eigenvalue weighted by Gasteiger charge is 2.32. The summed E-state index contributed by atoms with van der Waals surface area (Å²) in [6, 6.07) is 2.50. The van der Waals surface area contributed by atoms with Gasteiger partial charge in [0.05, 0.1) is 16.6 Å². The number of aromatic nitrogens is 2. The van der Waals surface area contributed by atoms with Crippen LogP contribution in [0.4, 0.5) is 26.3 Å². The Morgan fingerprint density at radius 3 is 2.26 bits per heavy atom. The van der Waals surface area contributed by atoms with Crippen LogP contribution < -0.4 is 0 Å². The lowest BCUT2D eigenvalue weighted by Crippen LogP contribution is -2.18. The van der Waals surface area contributed by atoms with Gasteiger partial charge >= 0.3 is 12.4 Å². The molecule has 0 spiro atoms. The smallest absolute Gasteiger partial charge is 0.319 e. The fourth-order valence-corrected chi connectivity index (χ4v) is 1.81. The van der Waals surface area contributed by atoms with Gasteiger partial charge in [-0.2, -0.15) is 26.3 Å². The third kappa shape index (κ3) is 2.82. The Labute approximate surface area is 103 Å². The number of aryl methyl sites for hydroxylation is 1. The van der Waals surface area contributed by atoms with Crippen LogP contribution >= 0.6 is 0 Å². The summed E-state index contributed by atoms with van der Waals surface area (Å²) in [5, 5.41) is 0. The monoisotopic (exact) mass is 282 g/mol. The first-order valence-corrected chi connectivity index (χ1v) is 5.19. The normalized spacial score (nSPS) is 13.2. The van der Waals surface area contributed by atoms with Crippen LogP contribution in [0.1, 0.15) is 11.4 Å². The highest BCUT2D eigenvalue weighted by atomic mass is 19.4. The van der Waals surface area contributed by atoms with Crippen molar-refractivity contribution < 1.29 is 26.3 Å². The lowest BCUT2D eigenvalue weighted by molar-refractivity contribution is -0.140. The summed E-state index contributed by atoms with van der Waals surface area (Å²) in [5.74, 6) is 0.0200. The van der Waals surface area contributed by atoms with E-state index in [-0.39, 0.29) is 16.9 Å². The van der Waals surface area contributed by atoms with Gasteiger partial charge in [0.1, 0.15) is 12.4 Å². The number of imidazole rings is 1. The SMILES string of the molecule is Cc1nc2cc(C(F)(F)F)ccc2n1CC(F)(F)F. The number of alkyl halides is 6. The van der Waals surface area contributed by atoms with E-state index in [1.807, 2.05) is 0 Å². The van der Waals surface area contributed by atoms with Crippen LogP contribution in [-0.2, 0) is 12.7 Å². The molecule has 0 saturated heterocycles. The molecule has 1 heterocycles. The van der Waals surface area contributed by atoms with E-state index < -0.39 is 24.5 Å². The summed E-state index contributed by atoms with van der Waals surface area (Å²) >= 11 is 0. The Kier molecular flexibility index (Phi) is 2.98. The van der Waals surface area contributed by atoms with E-state index in [0.717, 1.165) is 22.8 Å². The summed E-state index contributed by atoms with van der Waals surface area (Å²) in [5.41, 5.74) is -1.00. The number of nitrogens with zero attached hydrogens (tertiary/aromatic N) is 2. The van der Waals surface area contributed by atoms with Gasteiger partial charge in [-0.25, -0.2) is 4.98 Å². The van der Waals surface area contributed by atoms with Gasteiger partial charge in [0, 0.05) is 0 Å². The number of hydrogen-bond acceptors (Lipinski definition) is 1. The molecule has 8 heteroatoms. The average molecular weight is 282 g/mol. The minimum atomic E-state index is -4.55. The van der Waals surface area contributed by atoms with Crippen molar-refractivity contribution in [1.82, 2.24) is 9.55 Å². The molecule has 2 nitrogen and oxygen atoms in total. The molecular weight excluding hydrogens is 274 g/mol. The highest BCUT2D eigenvalue weighted by Crippen LogP contribution is 2.32. The zero-order valence-corrected chi connectivity index (χ0v) is 9.60. The molecular formula is C11H8F6N2. The van der Waals surface area contributed by atoms with E-state index in [1.54, 1.807) is 0 Å². The first-order chi connectivity index (χ1) is 8.58. The van der Waals surface area contributed by atoms with Crippen molar-refractivity contribution in [1.29, 1.82) is 0 Å². The van der Waals surface area contributed by atoms with Crippen molar-refractivity contribution >= 4 is 11.0 Å². The summed E-state index contributed by atoms with van der Waals surface area (Å²) in [6.07, 6.45) is -9.00. The molecule has 19 heavy (non-hydrogen) atoms. The molecule has 0 aliphatic carbocycles. The zero-order chi connectivity index (χ0) is 14.4. The standard InChI is InChI=1S/C11H8F6N2/c1-6-18-8-4-7(11(15,16)17)2-3-9(8)19(6)5-10(12,13)14/h2-4H,5H2,1H3. The van der Waals surface area contributed by atoms with Crippen LogP contribution in [0.5, 0.6) is 0 Å². The molecule has 0 unspecified atom stereocenters. The molecule has 104 valence electrons. The van der Waals surface area contributed by atoms with Gasteiger partial charge in [0.25, 0.3) is 0 Å². The van der Waals surface area contributed by atoms with Crippen molar-refractivity contribution in [3.8, 4) is 0 Å². The minimum Gasteiger partial charge on any atom is -0.319 e. The number of rotatable bonds is 1. The van der Waals surface area contributed by atoms with Crippen molar-refractivity contribution in [2.24, 2.45) is 0 Å². The van der Waals surface area contributed by atoms with E-state index in [1.165, 1.54) is 6.92 Å². The minimum absolute atomic E-state index is 0.0200. The second kappa shape index (κ2) is 4.14. The van der Waals surface area contributed by atoms with Crippen LogP contribution in [0, 0.1) is 6.92 Å². The number of benzene rings is 1. The van der Waals surface area contributed by atoms with Crippen LogP contribution in [0.15, 0.2) is 18.2 Å². The first-order valence-electron chi connectivity index (χ1n) is 5.19. The lowest BCUT2D eigenvalue weighted by Gasteiger charge is -2.10. The quantitative estimate of drug-likeness (QED) is 0.725. The van der Waals surface area contributed by atoms with E-state index in [2.05, 4.69) is 4.98 Å². The molecule has 0 aliphatic rings. The third-order valence-corrected chi connectivity index (χ3v) is 2.60. The molecule has 0 N–H and O–H groups in total. The predicted octanol–water partition coefficient (Wildman–Crippen LogP) is 3.93. The van der Waals surface area contributed by atoms with Gasteiger partial charge in [0.2, 0.25) is 0 Å². The van der Waals surface area contributed by atoms with Crippen molar-refractivity contribution in [2.75, 3.05) is 0 Å². The van der Waals surface area contributed by atoms with E-state index in [9.17, 15) is 26.3 Å². The molecule has 2 aromatic rings. The molecule has 0 amide bonds. The van der Waals surface area contributed by atoms with E-state index >= 15 is 0 Å². The largest absolute Gasteiger partial charge is 0.416 e. The van der Waals surface area contributed by atoms with Crippen molar-refractivity contribution in [2.45, 2.75) is 25.8 Å². The highest BCUT2D eigenvalue weighted by molar-refractivity contribution is 5.77. The van der Waals surface area contributed by atoms with Gasteiger partial charge in [-0.3, -0.25) is 0 Å². The maximum absolute atomic E-state index is 12.5. The second-order valence-electron chi connectivity index (χ2n) is 4.06. The Morgan fingerprint density at radius 1 is 1.11 bits per heavy atom. The van der Waals surface area contributed by atoms with Gasteiger partial charge in [-0.05, 0) is 25.1 Å². The van der Waals surface area contributed by atoms with Gasteiger partial charge in [-0.1, -0.05) is 0 Å². The van der Waals surface area contributed by atoms with Crippen LogP contribution in [0.25, 0.3) is 11.0 Å². The molecule has 0 bridgehead atoms. The Balaban J connectivity index is 2.54. The topological polar surface area (TPSA) is 17.8 Å². The fourth-order valence-electron chi connectivity index (χ4n) is 1.81. The maximum Gasteiger partial charge on any atom is 0.416 e. The summed E-state index contributed by atoms with van der Waals surface area (Å²) in [4.78, 5) is 3.73. The van der Waals surface area contributed by atoms with Gasteiger partial charge in [0.15, 0.2) is 0 Å². The Hall–Kier alpha value is -1.73. The van der Waals surface area contributed by atoms with Crippen molar-refractivity contribution in [3.63, 3.8) is 0 Å². The third-order valence-electron chi connectivity index (χ3n) is 2.60. The molecule has 2 rings (SSSR count). The fraction of sp³-hybridized carbons (Fsp3) is 0.364. The molecule has 1 aromatic carbocycles. The predicted molar refractivity (Wildman–Crippen MR) is 55.5 cm³/mol. The number of halogens is 6. The Bertz CT molecular complexity index is 608. The zero-order valence-electron chi connectivity index (χ0n) is 9.60. The van der Waals surface area contributed by atoms with Gasteiger partial charge < -0.3 is 4.57 Å². The molecule has 1 aromatic heterocycles. The Morgan fingerprint density at radius 2 is 1.74 bits per heavy atom. The maximum atomic E-state index is 12.5. The van der Waals surface area contributed by atoms with E-state index in [4.69, 9.17) is 0 Å². The van der Waals surface area contributed by atoms with E-state index in [0.29, 0.717) is 0 Å². The lowest BCUT2D eigenvalue weighted by atomic mass is 10.2. The summed E-state index contributed by atoms with van der Waals surface area (Å²) in [7, 11) is 0. The molecule has 0 atom stereocenters. The molecule has 0 radical (unpaired) electrons. The molecule has 0 saturated carbocycles. The van der Waals surface area contributed by atoms with Crippen LogP contribution in [0.2, 0.25) is 0 Å². The molecule has 0 aliphatic heterocycles. The summed E-state index contributed by atoms with van der Waals surface area (Å²) < 4.78 is 75.4. The first kappa shape index (κ1) is 13.7.